The predicted molar refractivity (Wildman–Crippen MR) is 65.9 cm³/mol. The molecule has 0 bridgehead atoms. The second-order valence-electron chi connectivity index (χ2n) is 3.81. The molecule has 4 nitrogen and oxygen atoms in total. The predicted octanol–water partition coefficient (Wildman–Crippen LogP) is 1.17. The summed E-state index contributed by atoms with van der Waals surface area (Å²) in [6.07, 6.45) is 0. The summed E-state index contributed by atoms with van der Waals surface area (Å²) in [5.74, 6) is 0.717. The van der Waals surface area contributed by atoms with Crippen LogP contribution >= 0.6 is 0 Å². The first-order chi connectivity index (χ1) is 8.29. The highest BCUT2D eigenvalue weighted by Gasteiger charge is 2.09. The van der Waals surface area contributed by atoms with Gasteiger partial charge in [0.1, 0.15) is 11.1 Å². The molecule has 0 radical (unpaired) electrons. The molecule has 1 N–H and O–H groups in total. The van der Waals surface area contributed by atoms with Gasteiger partial charge in [0, 0.05) is 23.4 Å². The summed E-state index contributed by atoms with van der Waals surface area (Å²) < 4.78 is 0. The standard InChI is InChI=1S/C13H11N3O/c1-2-14-13-15-10-7-11(17)8-5-3-4-6-9(8)12(10)16-13/h3-7,17H,2H2,1H3. The second-order valence-corrected chi connectivity index (χ2v) is 3.81. The molecule has 17 heavy (non-hydrogen) atoms. The Balaban J connectivity index is 2.46. The van der Waals surface area contributed by atoms with Crippen LogP contribution in [0.15, 0.2) is 45.3 Å². The molecule has 4 heteroatoms. The highest BCUT2D eigenvalue weighted by Crippen LogP contribution is 2.19. The summed E-state index contributed by atoms with van der Waals surface area (Å²) in [4.78, 5) is 12.8. The van der Waals surface area contributed by atoms with Gasteiger partial charge in [0.15, 0.2) is 0 Å². The number of phenols is 1. The fourth-order valence-corrected chi connectivity index (χ4v) is 1.97. The lowest BCUT2D eigenvalue weighted by Gasteiger charge is -1.98. The first-order valence-corrected chi connectivity index (χ1v) is 5.52. The van der Waals surface area contributed by atoms with Crippen LogP contribution in [-0.4, -0.2) is 17.6 Å². The molecule has 2 aromatic rings. The Bertz CT molecular complexity index is 747. The van der Waals surface area contributed by atoms with Gasteiger partial charge in [-0.3, -0.25) is 0 Å². The van der Waals surface area contributed by atoms with Gasteiger partial charge in [0.2, 0.25) is 5.96 Å². The quantitative estimate of drug-likeness (QED) is 0.778. The van der Waals surface area contributed by atoms with Crippen molar-refractivity contribution in [2.24, 2.45) is 15.0 Å². The van der Waals surface area contributed by atoms with E-state index in [0.717, 1.165) is 16.1 Å². The van der Waals surface area contributed by atoms with Crippen LogP contribution in [-0.2, 0) is 0 Å². The van der Waals surface area contributed by atoms with Gasteiger partial charge >= 0.3 is 0 Å². The first-order valence-electron chi connectivity index (χ1n) is 5.52. The topological polar surface area (TPSA) is 57.3 Å². The number of nitrogens with zero attached hydrogens (tertiary/aromatic N) is 3. The Morgan fingerprint density at radius 1 is 1.18 bits per heavy atom. The lowest BCUT2D eigenvalue weighted by molar-refractivity contribution is 0.481. The summed E-state index contributed by atoms with van der Waals surface area (Å²) >= 11 is 0. The number of hydrogen-bond acceptors (Lipinski definition) is 2. The van der Waals surface area contributed by atoms with Crippen molar-refractivity contribution in [1.29, 1.82) is 0 Å². The van der Waals surface area contributed by atoms with Gasteiger partial charge in [-0.25, -0.2) is 15.0 Å². The average molecular weight is 225 g/mol. The molecule has 0 saturated heterocycles. The van der Waals surface area contributed by atoms with Crippen LogP contribution in [0.25, 0.3) is 10.8 Å². The van der Waals surface area contributed by atoms with E-state index in [1.807, 2.05) is 31.2 Å². The third kappa shape index (κ3) is 1.49. The largest absolute Gasteiger partial charge is 0.507 e. The Morgan fingerprint density at radius 2 is 1.94 bits per heavy atom. The molecule has 0 spiro atoms. The van der Waals surface area contributed by atoms with Gasteiger partial charge in [-0.15, -0.1) is 0 Å². The monoisotopic (exact) mass is 225 g/mol. The molecule has 0 amide bonds. The Labute approximate surface area is 97.7 Å². The van der Waals surface area contributed by atoms with Gasteiger partial charge < -0.3 is 5.11 Å². The fourth-order valence-electron chi connectivity index (χ4n) is 1.97. The average Bonchev–Trinajstić information content (AvgIpc) is 2.73. The van der Waals surface area contributed by atoms with E-state index in [-0.39, 0.29) is 5.75 Å². The summed E-state index contributed by atoms with van der Waals surface area (Å²) in [5, 5.41) is 13.1. The van der Waals surface area contributed by atoms with Gasteiger partial charge in [-0.05, 0) is 6.92 Å². The number of aliphatic imine (C=N–C) groups is 1. The molecule has 0 aromatic heterocycles. The molecule has 2 aromatic carbocycles. The van der Waals surface area contributed by atoms with Crippen molar-refractivity contribution in [3.8, 4) is 5.75 Å². The van der Waals surface area contributed by atoms with Crippen LogP contribution in [0, 0.1) is 0 Å². The Morgan fingerprint density at radius 3 is 2.71 bits per heavy atom. The number of rotatable bonds is 1. The minimum absolute atomic E-state index is 0.232. The molecule has 84 valence electrons. The number of phenolic OH excluding ortho intramolecular Hbond substituents is 1. The number of benzene rings is 2. The Hall–Kier alpha value is -2.23. The van der Waals surface area contributed by atoms with Crippen LogP contribution < -0.4 is 10.7 Å². The molecule has 0 saturated carbocycles. The molecular weight excluding hydrogens is 214 g/mol. The maximum atomic E-state index is 9.91. The van der Waals surface area contributed by atoms with Gasteiger partial charge in [0.25, 0.3) is 0 Å². The highest BCUT2D eigenvalue weighted by molar-refractivity contribution is 5.91. The molecule has 0 atom stereocenters. The minimum atomic E-state index is 0.232. The molecule has 1 aliphatic heterocycles. The molecule has 1 heterocycles. The maximum Gasteiger partial charge on any atom is 0.245 e. The van der Waals surface area contributed by atoms with Crippen molar-refractivity contribution in [1.82, 2.24) is 0 Å². The lowest BCUT2D eigenvalue weighted by Crippen LogP contribution is -2.22. The van der Waals surface area contributed by atoms with E-state index in [9.17, 15) is 5.11 Å². The van der Waals surface area contributed by atoms with Crippen molar-refractivity contribution in [2.75, 3.05) is 6.54 Å². The second kappa shape index (κ2) is 3.66. The minimum Gasteiger partial charge on any atom is -0.507 e. The summed E-state index contributed by atoms with van der Waals surface area (Å²) in [6.45, 7) is 2.59. The molecule has 0 unspecified atom stereocenters. The van der Waals surface area contributed by atoms with Gasteiger partial charge in [-0.2, -0.15) is 0 Å². The molecule has 1 aliphatic rings. The van der Waals surface area contributed by atoms with E-state index in [2.05, 4.69) is 15.0 Å². The number of guanidine groups is 1. The van der Waals surface area contributed by atoms with Crippen LogP contribution in [0.2, 0.25) is 0 Å². The SMILES string of the molecule is CCN=C1N=c2cc(O)c3ccccc3c2=N1. The van der Waals surface area contributed by atoms with Crippen LogP contribution in [0.3, 0.4) is 0 Å². The normalized spacial score (nSPS) is 15.7. The third-order valence-electron chi connectivity index (χ3n) is 2.71. The maximum absolute atomic E-state index is 9.91. The van der Waals surface area contributed by atoms with Crippen molar-refractivity contribution < 1.29 is 5.11 Å². The first kappa shape index (κ1) is 9.96. The van der Waals surface area contributed by atoms with Crippen LogP contribution in [0.4, 0.5) is 0 Å². The Kier molecular flexibility index (Phi) is 2.14. The van der Waals surface area contributed by atoms with Crippen molar-refractivity contribution in [3.05, 3.63) is 41.0 Å². The summed E-state index contributed by atoms with van der Waals surface area (Å²) in [5.41, 5.74) is 0. The van der Waals surface area contributed by atoms with E-state index >= 15 is 0 Å². The van der Waals surface area contributed by atoms with Crippen molar-refractivity contribution in [2.45, 2.75) is 6.92 Å². The van der Waals surface area contributed by atoms with Crippen molar-refractivity contribution in [3.63, 3.8) is 0 Å². The van der Waals surface area contributed by atoms with E-state index in [4.69, 9.17) is 0 Å². The molecule has 0 aliphatic carbocycles. The van der Waals surface area contributed by atoms with Crippen molar-refractivity contribution >= 4 is 16.7 Å². The third-order valence-corrected chi connectivity index (χ3v) is 2.71. The zero-order chi connectivity index (χ0) is 11.8. The van der Waals surface area contributed by atoms with E-state index in [0.29, 0.717) is 17.9 Å². The van der Waals surface area contributed by atoms with Crippen LogP contribution in [0.5, 0.6) is 5.75 Å². The molecule has 3 rings (SSSR count). The highest BCUT2D eigenvalue weighted by atomic mass is 16.3. The number of fused-ring (bicyclic) bond motifs is 3. The van der Waals surface area contributed by atoms with Gasteiger partial charge in [0.05, 0.1) is 5.36 Å². The lowest BCUT2D eigenvalue weighted by atomic mass is 10.1. The molecular formula is C13H11N3O. The zero-order valence-corrected chi connectivity index (χ0v) is 9.38. The summed E-state index contributed by atoms with van der Waals surface area (Å²) in [7, 11) is 0. The zero-order valence-electron chi connectivity index (χ0n) is 9.38. The van der Waals surface area contributed by atoms with Crippen LogP contribution in [0.1, 0.15) is 6.92 Å². The number of hydrogen-bond donors (Lipinski definition) is 1. The summed E-state index contributed by atoms with van der Waals surface area (Å²) in [6, 6.07) is 9.25. The van der Waals surface area contributed by atoms with E-state index in [1.54, 1.807) is 6.07 Å². The van der Waals surface area contributed by atoms with E-state index in [1.165, 1.54) is 0 Å². The number of aromatic hydroxyl groups is 1. The van der Waals surface area contributed by atoms with Gasteiger partial charge in [-0.1, -0.05) is 24.3 Å². The van der Waals surface area contributed by atoms with E-state index < -0.39 is 0 Å². The smallest absolute Gasteiger partial charge is 0.245 e. The molecule has 0 fully saturated rings. The fraction of sp³-hybridized carbons (Fsp3) is 0.154.